The van der Waals surface area contributed by atoms with Crippen molar-refractivity contribution in [1.82, 2.24) is 4.98 Å². The predicted molar refractivity (Wildman–Crippen MR) is 55.6 cm³/mol. The van der Waals surface area contributed by atoms with Crippen LogP contribution in [0, 0.1) is 6.92 Å². The van der Waals surface area contributed by atoms with Gasteiger partial charge >= 0.3 is 0 Å². The number of carbonyl (C=O) groups is 1. The van der Waals surface area contributed by atoms with E-state index in [4.69, 9.17) is 5.73 Å². The molecule has 0 aliphatic rings. The molecule has 70 valence electrons. The van der Waals surface area contributed by atoms with Crippen molar-refractivity contribution in [2.75, 3.05) is 11.7 Å². The second-order valence-corrected chi connectivity index (χ2v) is 3.61. The fraction of sp³-hybridized carbons (Fsp3) is 0.250. The van der Waals surface area contributed by atoms with Gasteiger partial charge in [-0.2, -0.15) is 0 Å². The minimum absolute atomic E-state index is 0.442. The molecular formula is C8H12N3OP. The number of amides is 1. The van der Waals surface area contributed by atoms with Crippen LogP contribution in [0.25, 0.3) is 0 Å². The van der Waals surface area contributed by atoms with E-state index in [0.717, 1.165) is 11.4 Å². The lowest BCUT2D eigenvalue weighted by Gasteiger charge is -2.11. The first-order valence-corrected chi connectivity index (χ1v) is 4.29. The molecule has 2 N–H and O–H groups in total. The maximum atomic E-state index is 10.9. The summed E-state index contributed by atoms with van der Waals surface area (Å²) in [5, 5.41) is 0. The zero-order chi connectivity index (χ0) is 10.0. The Morgan fingerprint density at radius 2 is 2.31 bits per heavy atom. The summed E-state index contributed by atoms with van der Waals surface area (Å²) in [6.07, 6.45) is 1.49. The second kappa shape index (κ2) is 3.71. The number of aromatic nitrogens is 1. The Hall–Kier alpha value is -1.15. The van der Waals surface area contributed by atoms with Gasteiger partial charge in [-0.05, 0) is 27.9 Å². The van der Waals surface area contributed by atoms with Gasteiger partial charge in [0.15, 0.2) is 0 Å². The Balaban J connectivity index is 3.13. The average Bonchev–Trinajstić information content (AvgIpc) is 2.03. The number of nitrogens with zero attached hydrogens (tertiary/aromatic N) is 2. The first-order valence-electron chi connectivity index (χ1n) is 3.77. The minimum atomic E-state index is -0.442. The summed E-state index contributed by atoms with van der Waals surface area (Å²) in [5.41, 5.74) is 6.45. The molecule has 1 atom stereocenters. The molecule has 1 heterocycles. The monoisotopic (exact) mass is 197 g/mol. The van der Waals surface area contributed by atoms with Crippen LogP contribution < -0.4 is 10.4 Å². The lowest BCUT2D eigenvalue weighted by molar-refractivity contribution is 0.0999. The van der Waals surface area contributed by atoms with Crippen molar-refractivity contribution in [1.29, 1.82) is 0 Å². The lowest BCUT2D eigenvalue weighted by atomic mass is 10.1. The molecule has 1 aromatic rings. The molecule has 0 aliphatic carbocycles. The Bertz CT molecular complexity index is 338. The highest BCUT2D eigenvalue weighted by atomic mass is 31.0. The van der Waals surface area contributed by atoms with Crippen molar-refractivity contribution in [3.05, 3.63) is 23.4 Å². The summed E-state index contributed by atoms with van der Waals surface area (Å²) in [7, 11) is 4.35. The van der Waals surface area contributed by atoms with Gasteiger partial charge in [0.2, 0.25) is 0 Å². The van der Waals surface area contributed by atoms with Crippen molar-refractivity contribution < 1.29 is 4.79 Å². The molecule has 1 unspecified atom stereocenters. The number of hydrogen-bond acceptors (Lipinski definition) is 3. The van der Waals surface area contributed by atoms with Crippen molar-refractivity contribution in [2.45, 2.75) is 6.92 Å². The van der Waals surface area contributed by atoms with Crippen molar-refractivity contribution in [2.24, 2.45) is 5.73 Å². The van der Waals surface area contributed by atoms with E-state index in [2.05, 4.69) is 14.4 Å². The third kappa shape index (κ3) is 2.16. The molecule has 0 radical (unpaired) electrons. The van der Waals surface area contributed by atoms with Gasteiger partial charge in [-0.15, -0.1) is 0 Å². The van der Waals surface area contributed by atoms with Crippen LogP contribution in [-0.2, 0) is 0 Å². The van der Waals surface area contributed by atoms with Crippen molar-refractivity contribution in [3.8, 4) is 0 Å². The number of primary amides is 1. The van der Waals surface area contributed by atoms with Gasteiger partial charge in [-0.1, -0.05) is 0 Å². The number of aryl methyl sites for hydroxylation is 1. The summed E-state index contributed by atoms with van der Waals surface area (Å²) >= 11 is 0. The molecule has 0 spiro atoms. The lowest BCUT2D eigenvalue weighted by Crippen LogP contribution is -2.14. The molecule has 5 heteroatoms. The van der Waals surface area contributed by atoms with E-state index in [1.54, 1.807) is 4.67 Å². The molecule has 1 rings (SSSR count). The first kappa shape index (κ1) is 9.93. The molecule has 1 amide bonds. The third-order valence-electron chi connectivity index (χ3n) is 1.72. The molecule has 13 heavy (non-hydrogen) atoms. The first-order chi connectivity index (χ1) is 6.02. The molecule has 4 nitrogen and oxygen atoms in total. The van der Waals surface area contributed by atoms with Gasteiger partial charge in [0.05, 0.1) is 5.56 Å². The van der Waals surface area contributed by atoms with Crippen molar-refractivity contribution in [3.63, 3.8) is 0 Å². The topological polar surface area (TPSA) is 59.2 Å². The maximum absolute atomic E-state index is 10.9. The summed E-state index contributed by atoms with van der Waals surface area (Å²) in [4.78, 5) is 14.9. The normalized spacial score (nSPS) is 9.77. The third-order valence-corrected chi connectivity index (χ3v) is 1.99. The standard InChI is InChI=1S/C8H12N3OP/c1-5-3-7(11(2)13)10-4-6(5)8(9)12/h3-4H,13H2,1-2H3,(H2,9,12). The quantitative estimate of drug-likeness (QED) is 0.710. The largest absolute Gasteiger partial charge is 0.366 e. The van der Waals surface area contributed by atoms with Gasteiger partial charge in [0.25, 0.3) is 5.91 Å². The maximum Gasteiger partial charge on any atom is 0.250 e. The summed E-state index contributed by atoms with van der Waals surface area (Å²) in [6.45, 7) is 1.83. The number of hydrogen-bond donors (Lipinski definition) is 1. The van der Waals surface area contributed by atoms with E-state index >= 15 is 0 Å². The number of anilines is 1. The Kier molecular flexibility index (Phi) is 2.83. The van der Waals surface area contributed by atoms with E-state index in [1.807, 2.05) is 20.0 Å². The van der Waals surface area contributed by atoms with E-state index in [1.165, 1.54) is 6.20 Å². The van der Waals surface area contributed by atoms with Gasteiger partial charge in [0, 0.05) is 13.2 Å². The van der Waals surface area contributed by atoms with Crippen LogP contribution in [0.5, 0.6) is 0 Å². The molecule has 0 fully saturated rings. The Morgan fingerprint density at radius 3 is 2.69 bits per heavy atom. The SMILES string of the molecule is Cc1cc(N(C)P)ncc1C(N)=O. The molecule has 0 bridgehead atoms. The van der Waals surface area contributed by atoms with Crippen LogP contribution >= 0.6 is 9.39 Å². The molecule has 1 aromatic heterocycles. The highest BCUT2D eigenvalue weighted by Crippen LogP contribution is 2.16. The van der Waals surface area contributed by atoms with E-state index in [-0.39, 0.29) is 0 Å². The van der Waals surface area contributed by atoms with Gasteiger partial charge in [0.1, 0.15) is 5.82 Å². The zero-order valence-corrected chi connectivity index (χ0v) is 8.77. The fourth-order valence-corrected chi connectivity index (χ4v) is 1.13. The van der Waals surface area contributed by atoms with E-state index in [0.29, 0.717) is 5.56 Å². The van der Waals surface area contributed by atoms with Crippen LogP contribution in [0.3, 0.4) is 0 Å². The summed E-state index contributed by atoms with van der Waals surface area (Å²) < 4.78 is 1.79. The molecule has 0 saturated heterocycles. The van der Waals surface area contributed by atoms with Crippen LogP contribution in [0.4, 0.5) is 5.82 Å². The Labute approximate surface area is 79.4 Å². The number of carbonyl (C=O) groups excluding carboxylic acids is 1. The average molecular weight is 197 g/mol. The van der Waals surface area contributed by atoms with Crippen LogP contribution in [0.2, 0.25) is 0 Å². The second-order valence-electron chi connectivity index (χ2n) is 2.83. The number of pyridine rings is 1. The highest BCUT2D eigenvalue weighted by Gasteiger charge is 2.06. The minimum Gasteiger partial charge on any atom is -0.366 e. The van der Waals surface area contributed by atoms with Crippen molar-refractivity contribution >= 4 is 21.1 Å². The molecule has 0 aromatic carbocycles. The molecule has 0 aliphatic heterocycles. The highest BCUT2D eigenvalue weighted by molar-refractivity contribution is 7.18. The molecule has 0 saturated carbocycles. The molecular weight excluding hydrogens is 185 g/mol. The fourth-order valence-electron chi connectivity index (χ4n) is 0.992. The zero-order valence-electron chi connectivity index (χ0n) is 7.61. The summed E-state index contributed by atoms with van der Waals surface area (Å²) in [5.74, 6) is 0.343. The predicted octanol–water partition coefficient (Wildman–Crippen LogP) is 0.715. The number of rotatable bonds is 2. The van der Waals surface area contributed by atoms with E-state index in [9.17, 15) is 4.79 Å². The van der Waals surface area contributed by atoms with Crippen LogP contribution in [0.15, 0.2) is 12.3 Å². The number of nitrogens with two attached hydrogens (primary N) is 1. The van der Waals surface area contributed by atoms with Gasteiger partial charge in [-0.25, -0.2) is 4.98 Å². The van der Waals surface area contributed by atoms with E-state index < -0.39 is 5.91 Å². The van der Waals surface area contributed by atoms with Crippen LogP contribution in [-0.4, -0.2) is 17.9 Å². The van der Waals surface area contributed by atoms with Gasteiger partial charge < -0.3 is 10.4 Å². The van der Waals surface area contributed by atoms with Crippen LogP contribution in [0.1, 0.15) is 15.9 Å². The smallest absolute Gasteiger partial charge is 0.250 e. The Morgan fingerprint density at radius 1 is 1.69 bits per heavy atom. The van der Waals surface area contributed by atoms with Gasteiger partial charge in [-0.3, -0.25) is 4.79 Å². The summed E-state index contributed by atoms with van der Waals surface area (Å²) in [6, 6.07) is 1.81.